The number of rotatable bonds is 2. The van der Waals surface area contributed by atoms with Crippen LogP contribution in [0.15, 0.2) is 18.2 Å². The molecular weight excluding hydrogens is 276 g/mol. The van der Waals surface area contributed by atoms with Crippen molar-refractivity contribution in [1.82, 2.24) is 0 Å². The van der Waals surface area contributed by atoms with Crippen molar-refractivity contribution in [2.45, 2.75) is 13.3 Å². The molecular formula is C15H17ClN2O2. The van der Waals surface area contributed by atoms with Crippen LogP contribution in [0, 0.1) is 23.2 Å². The van der Waals surface area contributed by atoms with Gasteiger partial charge in [-0.3, -0.25) is 4.79 Å². The van der Waals surface area contributed by atoms with Crippen LogP contribution in [0.2, 0.25) is 5.02 Å². The average molecular weight is 293 g/mol. The minimum Gasteiger partial charge on any atom is -0.469 e. The number of hydrogen-bond donors (Lipinski definition) is 0. The molecule has 1 heterocycles. The zero-order chi connectivity index (χ0) is 14.7. The summed E-state index contributed by atoms with van der Waals surface area (Å²) in [6.45, 7) is 3.47. The van der Waals surface area contributed by atoms with Gasteiger partial charge in [0.15, 0.2) is 0 Å². The van der Waals surface area contributed by atoms with Crippen LogP contribution in [0.1, 0.15) is 18.9 Å². The third kappa shape index (κ3) is 2.88. The number of carbonyl (C=O) groups excluding carboxylic acids is 1. The number of esters is 1. The van der Waals surface area contributed by atoms with E-state index in [0.29, 0.717) is 10.6 Å². The van der Waals surface area contributed by atoms with Crippen molar-refractivity contribution < 1.29 is 9.53 Å². The molecule has 2 unspecified atom stereocenters. The molecule has 0 radical (unpaired) electrons. The summed E-state index contributed by atoms with van der Waals surface area (Å²) >= 11 is 6.02. The molecule has 20 heavy (non-hydrogen) atoms. The first-order valence-electron chi connectivity index (χ1n) is 6.59. The summed E-state index contributed by atoms with van der Waals surface area (Å²) in [6, 6.07) is 7.45. The summed E-state index contributed by atoms with van der Waals surface area (Å²) in [7, 11) is 1.42. The molecule has 0 bridgehead atoms. The summed E-state index contributed by atoms with van der Waals surface area (Å²) in [6.07, 6.45) is 0.727. The molecule has 0 N–H and O–H groups in total. The summed E-state index contributed by atoms with van der Waals surface area (Å²) in [4.78, 5) is 13.8. The first-order chi connectivity index (χ1) is 9.56. The van der Waals surface area contributed by atoms with E-state index in [9.17, 15) is 10.1 Å². The largest absolute Gasteiger partial charge is 0.469 e. The predicted molar refractivity (Wildman–Crippen MR) is 77.7 cm³/mol. The molecule has 106 valence electrons. The zero-order valence-electron chi connectivity index (χ0n) is 11.6. The van der Waals surface area contributed by atoms with E-state index in [0.717, 1.165) is 25.2 Å². The van der Waals surface area contributed by atoms with E-state index in [1.807, 2.05) is 13.0 Å². The minimum atomic E-state index is -0.149. The van der Waals surface area contributed by atoms with Gasteiger partial charge < -0.3 is 9.64 Å². The molecule has 0 aliphatic carbocycles. The number of methoxy groups -OCH3 is 1. The van der Waals surface area contributed by atoms with Gasteiger partial charge in [0.1, 0.15) is 6.07 Å². The third-order valence-corrected chi connectivity index (χ3v) is 4.07. The predicted octanol–water partition coefficient (Wildman–Crippen LogP) is 2.85. The van der Waals surface area contributed by atoms with Crippen LogP contribution in [0.4, 0.5) is 5.69 Å². The summed E-state index contributed by atoms with van der Waals surface area (Å²) in [5.74, 6) is -0.0357. The SMILES string of the molecule is COC(=O)C1CCN(c2cc(Cl)ccc2C#N)CC1C. The van der Waals surface area contributed by atoms with Gasteiger partial charge in [-0.2, -0.15) is 5.26 Å². The molecule has 1 saturated heterocycles. The Morgan fingerprint density at radius 2 is 2.30 bits per heavy atom. The Kier molecular flexibility index (Phi) is 4.51. The first kappa shape index (κ1) is 14.7. The first-order valence-corrected chi connectivity index (χ1v) is 6.97. The molecule has 0 spiro atoms. The Hall–Kier alpha value is -1.73. The van der Waals surface area contributed by atoms with Crippen LogP contribution in [0.3, 0.4) is 0 Å². The van der Waals surface area contributed by atoms with Crippen LogP contribution in [-0.4, -0.2) is 26.2 Å². The Balaban J connectivity index is 2.20. The number of benzene rings is 1. The van der Waals surface area contributed by atoms with Gasteiger partial charge in [0.25, 0.3) is 0 Å². The van der Waals surface area contributed by atoms with Crippen LogP contribution >= 0.6 is 11.6 Å². The van der Waals surface area contributed by atoms with E-state index in [1.54, 1.807) is 12.1 Å². The Labute approximate surface area is 123 Å². The molecule has 1 aliphatic heterocycles. The van der Waals surface area contributed by atoms with Gasteiger partial charge in [-0.05, 0) is 30.5 Å². The van der Waals surface area contributed by atoms with Crippen LogP contribution in [-0.2, 0) is 9.53 Å². The number of halogens is 1. The molecule has 1 aliphatic rings. The highest BCUT2D eigenvalue weighted by molar-refractivity contribution is 6.30. The fourth-order valence-corrected chi connectivity index (χ4v) is 2.89. The van der Waals surface area contributed by atoms with Crippen molar-refractivity contribution in [2.24, 2.45) is 11.8 Å². The lowest BCUT2D eigenvalue weighted by Crippen LogP contribution is -2.42. The molecule has 4 nitrogen and oxygen atoms in total. The maximum atomic E-state index is 11.7. The van der Waals surface area contributed by atoms with E-state index >= 15 is 0 Å². The molecule has 5 heteroatoms. The van der Waals surface area contributed by atoms with Crippen molar-refractivity contribution in [2.75, 3.05) is 25.1 Å². The molecule has 1 fully saturated rings. The Morgan fingerprint density at radius 1 is 1.55 bits per heavy atom. The molecule has 2 atom stereocenters. The fraction of sp³-hybridized carbons (Fsp3) is 0.467. The van der Waals surface area contributed by atoms with Gasteiger partial charge in [0, 0.05) is 18.1 Å². The molecule has 0 amide bonds. The molecule has 1 aromatic rings. The van der Waals surface area contributed by atoms with Gasteiger partial charge in [0.05, 0.1) is 24.3 Å². The van der Waals surface area contributed by atoms with E-state index < -0.39 is 0 Å². The van der Waals surface area contributed by atoms with Gasteiger partial charge in [0.2, 0.25) is 0 Å². The standard InChI is InChI=1S/C15H17ClN2O2/c1-10-9-18(6-5-13(10)15(19)20-2)14-7-12(16)4-3-11(14)8-17/h3-4,7,10,13H,5-6,9H2,1-2H3. The number of piperidine rings is 1. The lowest BCUT2D eigenvalue weighted by molar-refractivity contribution is -0.147. The Bertz CT molecular complexity index is 553. The van der Waals surface area contributed by atoms with Crippen LogP contribution < -0.4 is 4.90 Å². The second-order valence-electron chi connectivity index (χ2n) is 5.11. The number of hydrogen-bond acceptors (Lipinski definition) is 4. The summed E-state index contributed by atoms with van der Waals surface area (Å²) < 4.78 is 4.83. The van der Waals surface area contributed by atoms with Gasteiger partial charge in [-0.1, -0.05) is 18.5 Å². The quantitative estimate of drug-likeness (QED) is 0.787. The van der Waals surface area contributed by atoms with Gasteiger partial charge in [-0.15, -0.1) is 0 Å². The van der Waals surface area contributed by atoms with E-state index in [1.165, 1.54) is 7.11 Å². The number of ether oxygens (including phenoxy) is 1. The number of anilines is 1. The molecule has 1 aromatic carbocycles. The third-order valence-electron chi connectivity index (χ3n) is 3.83. The lowest BCUT2D eigenvalue weighted by Gasteiger charge is -2.37. The van der Waals surface area contributed by atoms with E-state index in [2.05, 4.69) is 11.0 Å². The monoisotopic (exact) mass is 292 g/mol. The van der Waals surface area contributed by atoms with E-state index in [-0.39, 0.29) is 17.8 Å². The maximum absolute atomic E-state index is 11.7. The summed E-state index contributed by atoms with van der Waals surface area (Å²) in [5, 5.41) is 9.80. The molecule has 2 rings (SSSR count). The normalized spacial score (nSPS) is 22.2. The zero-order valence-corrected chi connectivity index (χ0v) is 12.4. The second kappa shape index (κ2) is 6.15. The fourth-order valence-electron chi connectivity index (χ4n) is 2.73. The topological polar surface area (TPSA) is 53.3 Å². The number of nitrogens with zero attached hydrogens (tertiary/aromatic N) is 2. The lowest BCUT2D eigenvalue weighted by atomic mass is 9.86. The Morgan fingerprint density at radius 3 is 2.90 bits per heavy atom. The van der Waals surface area contributed by atoms with E-state index in [4.69, 9.17) is 16.3 Å². The highest BCUT2D eigenvalue weighted by Crippen LogP contribution is 2.31. The number of carbonyl (C=O) groups is 1. The van der Waals surface area contributed by atoms with Crippen molar-refractivity contribution in [3.63, 3.8) is 0 Å². The highest BCUT2D eigenvalue weighted by Gasteiger charge is 2.32. The average Bonchev–Trinajstić information content (AvgIpc) is 2.46. The highest BCUT2D eigenvalue weighted by atomic mass is 35.5. The molecule has 0 saturated carbocycles. The van der Waals surface area contributed by atoms with Gasteiger partial charge >= 0.3 is 5.97 Å². The minimum absolute atomic E-state index is 0.0685. The number of nitriles is 1. The van der Waals surface area contributed by atoms with Crippen LogP contribution in [0.25, 0.3) is 0 Å². The van der Waals surface area contributed by atoms with Crippen LogP contribution in [0.5, 0.6) is 0 Å². The van der Waals surface area contributed by atoms with Crippen molar-refractivity contribution in [1.29, 1.82) is 5.26 Å². The smallest absolute Gasteiger partial charge is 0.309 e. The van der Waals surface area contributed by atoms with Crippen molar-refractivity contribution >= 4 is 23.3 Å². The maximum Gasteiger partial charge on any atom is 0.309 e. The van der Waals surface area contributed by atoms with Crippen molar-refractivity contribution in [3.05, 3.63) is 28.8 Å². The summed E-state index contributed by atoms with van der Waals surface area (Å²) in [5.41, 5.74) is 1.45. The second-order valence-corrected chi connectivity index (χ2v) is 5.55. The molecule has 0 aromatic heterocycles. The van der Waals surface area contributed by atoms with Crippen molar-refractivity contribution in [3.8, 4) is 6.07 Å². The van der Waals surface area contributed by atoms with Gasteiger partial charge in [-0.25, -0.2) is 0 Å².